The fourth-order valence-corrected chi connectivity index (χ4v) is 1.87. The van der Waals surface area contributed by atoms with E-state index in [0.717, 1.165) is 16.2 Å². The number of hydrogen-bond donors (Lipinski definition) is 2. The molecule has 0 aliphatic carbocycles. The van der Waals surface area contributed by atoms with Crippen LogP contribution in [-0.2, 0) is 13.2 Å². The number of ether oxygens (including phenoxy) is 1. The Morgan fingerprint density at radius 2 is 2.31 bits per heavy atom. The average molecular weight is 236 g/mol. The molecule has 1 aromatic heterocycles. The van der Waals surface area contributed by atoms with E-state index in [4.69, 9.17) is 15.6 Å². The zero-order valence-corrected chi connectivity index (χ0v) is 9.41. The van der Waals surface area contributed by atoms with Gasteiger partial charge in [0.05, 0.1) is 11.5 Å². The number of nitrogens with zero attached hydrogens (tertiary/aromatic N) is 1. The molecule has 4 nitrogen and oxygen atoms in total. The van der Waals surface area contributed by atoms with Gasteiger partial charge in [-0.25, -0.2) is 4.98 Å². The van der Waals surface area contributed by atoms with Crippen molar-refractivity contribution in [2.45, 2.75) is 13.2 Å². The van der Waals surface area contributed by atoms with Gasteiger partial charge in [-0.1, -0.05) is 23.5 Å². The normalized spacial score (nSPS) is 10.3. The number of thiazole rings is 1. The zero-order chi connectivity index (χ0) is 11.4. The fourth-order valence-electron chi connectivity index (χ4n) is 1.28. The largest absolute Gasteiger partial charge is 0.488 e. The number of rotatable bonds is 4. The SMILES string of the molecule is Nc1ncc(COc2cccc(CO)c2)s1. The molecule has 0 spiro atoms. The van der Waals surface area contributed by atoms with Crippen molar-refractivity contribution in [2.75, 3.05) is 5.73 Å². The van der Waals surface area contributed by atoms with Crippen LogP contribution in [0.3, 0.4) is 0 Å². The topological polar surface area (TPSA) is 68.4 Å². The Kier molecular flexibility index (Phi) is 3.38. The molecule has 1 heterocycles. The molecular weight excluding hydrogens is 224 g/mol. The van der Waals surface area contributed by atoms with Gasteiger partial charge in [0, 0.05) is 6.20 Å². The van der Waals surface area contributed by atoms with E-state index < -0.39 is 0 Å². The molecule has 0 aliphatic heterocycles. The van der Waals surface area contributed by atoms with E-state index in [9.17, 15) is 0 Å². The summed E-state index contributed by atoms with van der Waals surface area (Å²) in [5.74, 6) is 0.735. The van der Waals surface area contributed by atoms with Crippen LogP contribution in [0.25, 0.3) is 0 Å². The lowest BCUT2D eigenvalue weighted by Gasteiger charge is -2.05. The molecule has 16 heavy (non-hydrogen) atoms. The first-order chi connectivity index (χ1) is 7.78. The molecule has 0 saturated heterocycles. The van der Waals surface area contributed by atoms with Gasteiger partial charge in [-0.05, 0) is 17.7 Å². The van der Waals surface area contributed by atoms with E-state index >= 15 is 0 Å². The second-order valence-electron chi connectivity index (χ2n) is 3.26. The third kappa shape index (κ3) is 2.71. The summed E-state index contributed by atoms with van der Waals surface area (Å²) in [6, 6.07) is 7.35. The van der Waals surface area contributed by atoms with Crippen molar-refractivity contribution in [1.29, 1.82) is 0 Å². The first-order valence-electron chi connectivity index (χ1n) is 4.80. The third-order valence-electron chi connectivity index (χ3n) is 2.03. The maximum Gasteiger partial charge on any atom is 0.180 e. The molecule has 0 bridgehead atoms. The standard InChI is InChI=1S/C11H12N2O2S/c12-11-13-5-10(16-11)7-15-9-3-1-2-8(4-9)6-14/h1-5,14H,6-7H2,(H2,12,13). The molecule has 2 rings (SSSR count). The highest BCUT2D eigenvalue weighted by Crippen LogP contribution is 2.19. The highest BCUT2D eigenvalue weighted by Gasteiger charge is 2.00. The van der Waals surface area contributed by atoms with E-state index in [1.54, 1.807) is 6.20 Å². The minimum Gasteiger partial charge on any atom is -0.488 e. The molecule has 1 aromatic carbocycles. The summed E-state index contributed by atoms with van der Waals surface area (Å²) in [5, 5.41) is 9.51. The number of nitrogens with two attached hydrogens (primary N) is 1. The van der Waals surface area contributed by atoms with Crippen molar-refractivity contribution in [3.05, 3.63) is 40.9 Å². The van der Waals surface area contributed by atoms with E-state index in [0.29, 0.717) is 11.7 Å². The van der Waals surface area contributed by atoms with Crippen LogP contribution in [0.2, 0.25) is 0 Å². The molecule has 5 heteroatoms. The lowest BCUT2D eigenvalue weighted by molar-refractivity contribution is 0.278. The molecule has 0 unspecified atom stereocenters. The van der Waals surface area contributed by atoms with Crippen LogP contribution in [0.1, 0.15) is 10.4 Å². The molecule has 3 N–H and O–H groups in total. The Bertz CT molecular complexity index is 471. The summed E-state index contributed by atoms with van der Waals surface area (Å²) in [6.07, 6.45) is 1.70. The first kappa shape index (κ1) is 10.9. The summed E-state index contributed by atoms with van der Waals surface area (Å²) in [5.41, 5.74) is 6.35. The summed E-state index contributed by atoms with van der Waals surface area (Å²) >= 11 is 1.41. The van der Waals surface area contributed by atoms with Crippen molar-refractivity contribution in [1.82, 2.24) is 4.98 Å². The number of aliphatic hydroxyl groups is 1. The number of aromatic nitrogens is 1. The summed E-state index contributed by atoms with van der Waals surface area (Å²) < 4.78 is 5.55. The van der Waals surface area contributed by atoms with E-state index in [2.05, 4.69) is 4.98 Å². The lowest BCUT2D eigenvalue weighted by Crippen LogP contribution is -1.93. The van der Waals surface area contributed by atoms with Crippen LogP contribution >= 0.6 is 11.3 Å². The highest BCUT2D eigenvalue weighted by atomic mass is 32.1. The van der Waals surface area contributed by atoms with Gasteiger partial charge in [-0.3, -0.25) is 0 Å². The fraction of sp³-hybridized carbons (Fsp3) is 0.182. The third-order valence-corrected chi connectivity index (χ3v) is 2.83. The van der Waals surface area contributed by atoms with Crippen LogP contribution in [0, 0.1) is 0 Å². The van der Waals surface area contributed by atoms with Crippen LogP contribution in [-0.4, -0.2) is 10.1 Å². The number of hydrogen-bond acceptors (Lipinski definition) is 5. The smallest absolute Gasteiger partial charge is 0.180 e. The Morgan fingerprint density at radius 1 is 1.44 bits per heavy atom. The summed E-state index contributed by atoms with van der Waals surface area (Å²) in [6.45, 7) is 0.467. The number of anilines is 1. The van der Waals surface area contributed by atoms with Crippen molar-refractivity contribution < 1.29 is 9.84 Å². The maximum absolute atomic E-state index is 8.97. The van der Waals surface area contributed by atoms with Gasteiger partial charge < -0.3 is 15.6 Å². The average Bonchev–Trinajstić information content (AvgIpc) is 2.73. The van der Waals surface area contributed by atoms with Crippen LogP contribution in [0.5, 0.6) is 5.75 Å². The van der Waals surface area contributed by atoms with Crippen molar-refractivity contribution in [3.63, 3.8) is 0 Å². The molecular formula is C11H12N2O2S. The van der Waals surface area contributed by atoms with E-state index in [1.165, 1.54) is 11.3 Å². The first-order valence-corrected chi connectivity index (χ1v) is 5.62. The van der Waals surface area contributed by atoms with Gasteiger partial charge in [0.25, 0.3) is 0 Å². The molecule has 0 radical (unpaired) electrons. The molecule has 84 valence electrons. The Morgan fingerprint density at radius 3 is 3.00 bits per heavy atom. The Balaban J connectivity index is 1.99. The molecule has 0 fully saturated rings. The molecule has 2 aromatic rings. The monoisotopic (exact) mass is 236 g/mol. The van der Waals surface area contributed by atoms with Crippen molar-refractivity contribution >= 4 is 16.5 Å². The minimum absolute atomic E-state index is 0.0186. The zero-order valence-electron chi connectivity index (χ0n) is 8.59. The van der Waals surface area contributed by atoms with Gasteiger partial charge in [0.2, 0.25) is 0 Å². The predicted molar refractivity (Wildman–Crippen MR) is 63.2 cm³/mol. The molecule has 0 amide bonds. The summed E-state index contributed by atoms with van der Waals surface area (Å²) in [4.78, 5) is 4.92. The Hall–Kier alpha value is -1.59. The lowest BCUT2D eigenvalue weighted by atomic mass is 10.2. The van der Waals surface area contributed by atoms with Gasteiger partial charge in [-0.15, -0.1) is 0 Å². The van der Waals surface area contributed by atoms with Crippen molar-refractivity contribution in [3.8, 4) is 5.75 Å². The second-order valence-corrected chi connectivity index (χ2v) is 4.41. The van der Waals surface area contributed by atoms with Crippen molar-refractivity contribution in [2.24, 2.45) is 0 Å². The number of benzene rings is 1. The second kappa shape index (κ2) is 4.96. The maximum atomic E-state index is 8.97. The Labute approximate surface area is 97.3 Å². The number of aliphatic hydroxyl groups excluding tert-OH is 1. The molecule has 0 saturated carbocycles. The quantitative estimate of drug-likeness (QED) is 0.849. The molecule has 0 atom stereocenters. The van der Waals surface area contributed by atoms with Gasteiger partial charge in [0.1, 0.15) is 12.4 Å². The number of nitrogen functional groups attached to an aromatic ring is 1. The van der Waals surface area contributed by atoms with Gasteiger partial charge in [0.15, 0.2) is 5.13 Å². The highest BCUT2D eigenvalue weighted by molar-refractivity contribution is 7.15. The van der Waals surface area contributed by atoms with Crippen LogP contribution < -0.4 is 10.5 Å². The minimum atomic E-state index is 0.0186. The predicted octanol–water partition coefficient (Wildman–Crippen LogP) is 1.80. The van der Waals surface area contributed by atoms with E-state index in [-0.39, 0.29) is 6.61 Å². The van der Waals surface area contributed by atoms with Gasteiger partial charge in [-0.2, -0.15) is 0 Å². The van der Waals surface area contributed by atoms with Gasteiger partial charge >= 0.3 is 0 Å². The summed E-state index contributed by atoms with van der Waals surface area (Å²) in [7, 11) is 0. The molecule has 0 aliphatic rings. The van der Waals surface area contributed by atoms with Crippen LogP contribution in [0.15, 0.2) is 30.5 Å². The van der Waals surface area contributed by atoms with Crippen LogP contribution in [0.4, 0.5) is 5.13 Å². The van der Waals surface area contributed by atoms with E-state index in [1.807, 2.05) is 24.3 Å².